The van der Waals surface area contributed by atoms with Crippen LogP contribution in [-0.4, -0.2) is 52.9 Å². The fraction of sp³-hybridized carbons (Fsp3) is 0.481. The summed E-state index contributed by atoms with van der Waals surface area (Å²) < 4.78 is 15.7. The summed E-state index contributed by atoms with van der Waals surface area (Å²) in [5.41, 5.74) is -0.655. The number of fused-ring (bicyclic) bond motifs is 3. The first-order valence-electron chi connectivity index (χ1n) is 12.6. The number of anilines is 1. The molecule has 5 N–H and O–H groups in total. The van der Waals surface area contributed by atoms with Gasteiger partial charge < -0.3 is 20.8 Å². The summed E-state index contributed by atoms with van der Waals surface area (Å²) in [7, 11) is 0. The standard InChI is InChI=1S/C27H30Cl2FN3O4/c28-15-7-8-18-20(13-15)32-25(37)27(18)21(17-5-4-6-19(29)22(17)30)23(24(36)31-12-9-16(35)14-34)33-26(27)10-2-1-3-11-26/h4-8,13,16,21,23,33-35H,1-3,9-12,14H2,(H,31,36)(H,32,37)/t16-,21-,23+,27+/m0/s1. The lowest BCUT2D eigenvalue weighted by Gasteiger charge is -2.47. The molecule has 0 bridgehead atoms. The molecule has 37 heavy (non-hydrogen) atoms. The molecule has 0 aromatic heterocycles. The third kappa shape index (κ3) is 4.14. The summed E-state index contributed by atoms with van der Waals surface area (Å²) >= 11 is 12.5. The van der Waals surface area contributed by atoms with Gasteiger partial charge in [-0.15, -0.1) is 0 Å². The zero-order valence-corrected chi connectivity index (χ0v) is 21.7. The van der Waals surface area contributed by atoms with Gasteiger partial charge in [-0.05, 0) is 48.6 Å². The van der Waals surface area contributed by atoms with Crippen molar-refractivity contribution in [2.45, 2.75) is 67.5 Å². The maximum atomic E-state index is 15.7. The predicted octanol–water partition coefficient (Wildman–Crippen LogP) is 3.64. The molecule has 2 aliphatic heterocycles. The Labute approximate surface area is 224 Å². The van der Waals surface area contributed by atoms with Crippen LogP contribution in [0.4, 0.5) is 10.1 Å². The van der Waals surface area contributed by atoms with Crippen LogP contribution in [0.15, 0.2) is 36.4 Å². The first-order chi connectivity index (χ1) is 17.7. The van der Waals surface area contributed by atoms with Crippen LogP contribution in [0.2, 0.25) is 10.0 Å². The summed E-state index contributed by atoms with van der Waals surface area (Å²) in [4.78, 5) is 27.9. The molecule has 10 heteroatoms. The Balaban J connectivity index is 1.70. The van der Waals surface area contributed by atoms with E-state index in [0.29, 0.717) is 29.1 Å². The number of aliphatic hydroxyl groups excluding tert-OH is 2. The van der Waals surface area contributed by atoms with Crippen LogP contribution in [0.5, 0.6) is 0 Å². The highest BCUT2D eigenvalue weighted by Crippen LogP contribution is 2.62. The number of benzene rings is 2. The van der Waals surface area contributed by atoms with Gasteiger partial charge in [0.1, 0.15) is 11.2 Å². The number of aliphatic hydroxyl groups is 2. The summed E-state index contributed by atoms with van der Waals surface area (Å²) in [5, 5.41) is 28.6. The van der Waals surface area contributed by atoms with E-state index in [9.17, 15) is 14.7 Å². The molecule has 5 rings (SSSR count). The molecule has 1 saturated heterocycles. The van der Waals surface area contributed by atoms with Gasteiger partial charge in [-0.1, -0.05) is 60.7 Å². The van der Waals surface area contributed by atoms with Crippen LogP contribution < -0.4 is 16.0 Å². The van der Waals surface area contributed by atoms with E-state index in [1.807, 2.05) is 0 Å². The Bertz CT molecular complexity index is 1220. The fourth-order valence-electron chi connectivity index (χ4n) is 6.78. The number of amides is 2. The van der Waals surface area contributed by atoms with Gasteiger partial charge in [-0.3, -0.25) is 14.9 Å². The molecular formula is C27H30Cl2FN3O4. The number of halogens is 3. The maximum absolute atomic E-state index is 15.7. The summed E-state index contributed by atoms with van der Waals surface area (Å²) in [6.07, 6.45) is 3.16. The average Bonchev–Trinajstić information content (AvgIpc) is 3.33. The average molecular weight is 550 g/mol. The van der Waals surface area contributed by atoms with Crippen LogP contribution in [0.3, 0.4) is 0 Å². The van der Waals surface area contributed by atoms with Crippen LogP contribution >= 0.6 is 23.2 Å². The number of carbonyl (C=O) groups is 2. The topological polar surface area (TPSA) is 111 Å². The first-order valence-corrected chi connectivity index (χ1v) is 13.4. The highest BCUT2D eigenvalue weighted by molar-refractivity contribution is 6.31. The van der Waals surface area contributed by atoms with Crippen molar-refractivity contribution in [3.63, 3.8) is 0 Å². The smallest absolute Gasteiger partial charge is 0.237 e. The molecule has 4 atom stereocenters. The molecule has 2 amide bonds. The minimum absolute atomic E-state index is 0.0859. The molecule has 7 nitrogen and oxygen atoms in total. The van der Waals surface area contributed by atoms with Crippen LogP contribution in [0.25, 0.3) is 0 Å². The normalized spacial score (nSPS) is 26.8. The van der Waals surface area contributed by atoms with E-state index in [1.165, 1.54) is 6.07 Å². The van der Waals surface area contributed by atoms with E-state index in [1.54, 1.807) is 30.3 Å². The number of hydrogen-bond acceptors (Lipinski definition) is 5. The third-order valence-corrected chi connectivity index (χ3v) is 8.82. The van der Waals surface area contributed by atoms with Gasteiger partial charge in [-0.2, -0.15) is 0 Å². The number of rotatable bonds is 6. The second-order valence-electron chi connectivity index (χ2n) is 10.3. The molecule has 2 heterocycles. The summed E-state index contributed by atoms with van der Waals surface area (Å²) in [6.45, 7) is -0.304. The number of hydrogen-bond donors (Lipinski definition) is 5. The molecule has 2 fully saturated rings. The molecule has 1 aliphatic carbocycles. The second kappa shape index (κ2) is 10.2. The van der Waals surface area contributed by atoms with Crippen LogP contribution in [0, 0.1) is 5.82 Å². The SMILES string of the molecule is O=C(NCC[C@H](O)CO)[C@@H]1NC2(CCCCC2)[C@@]2(C(=O)Nc3cc(Cl)ccc32)[C@H]1c1cccc(Cl)c1F. The summed E-state index contributed by atoms with van der Waals surface area (Å²) in [5.74, 6) is -2.28. The molecule has 2 spiro atoms. The van der Waals surface area contributed by atoms with Gasteiger partial charge in [0.05, 0.1) is 23.8 Å². The highest BCUT2D eigenvalue weighted by atomic mass is 35.5. The van der Waals surface area contributed by atoms with E-state index < -0.39 is 47.3 Å². The van der Waals surface area contributed by atoms with Gasteiger partial charge in [0.2, 0.25) is 11.8 Å². The minimum Gasteiger partial charge on any atom is -0.394 e. The number of carbonyl (C=O) groups excluding carboxylic acids is 2. The van der Waals surface area contributed by atoms with Gasteiger partial charge in [0.25, 0.3) is 0 Å². The van der Waals surface area contributed by atoms with E-state index in [4.69, 9.17) is 28.3 Å². The molecular weight excluding hydrogens is 520 g/mol. The highest BCUT2D eigenvalue weighted by Gasteiger charge is 2.72. The maximum Gasteiger partial charge on any atom is 0.237 e. The molecule has 3 aliphatic rings. The monoisotopic (exact) mass is 549 g/mol. The minimum atomic E-state index is -1.29. The fourth-order valence-corrected chi connectivity index (χ4v) is 7.13. The molecule has 0 radical (unpaired) electrons. The van der Waals surface area contributed by atoms with Crippen LogP contribution in [0.1, 0.15) is 55.6 Å². The number of nitrogens with one attached hydrogen (secondary N) is 3. The Hall–Kier alpha value is -2.23. The van der Waals surface area contributed by atoms with E-state index in [2.05, 4.69) is 16.0 Å². The predicted molar refractivity (Wildman–Crippen MR) is 139 cm³/mol. The lowest BCUT2D eigenvalue weighted by atomic mass is 9.55. The molecule has 1 saturated carbocycles. The zero-order chi connectivity index (χ0) is 26.4. The second-order valence-corrected chi connectivity index (χ2v) is 11.1. The molecule has 198 valence electrons. The Morgan fingerprint density at radius 2 is 1.95 bits per heavy atom. The van der Waals surface area contributed by atoms with Crippen molar-refractivity contribution in [1.29, 1.82) is 0 Å². The third-order valence-electron chi connectivity index (χ3n) is 8.29. The van der Waals surface area contributed by atoms with E-state index in [0.717, 1.165) is 19.3 Å². The van der Waals surface area contributed by atoms with Gasteiger partial charge in [0, 0.05) is 28.7 Å². The van der Waals surface area contributed by atoms with Crippen molar-refractivity contribution >= 4 is 40.7 Å². The lowest BCUT2D eigenvalue weighted by Crippen LogP contribution is -2.60. The van der Waals surface area contributed by atoms with Crippen molar-refractivity contribution < 1.29 is 24.2 Å². The molecule has 2 aromatic carbocycles. The molecule has 0 unspecified atom stereocenters. The van der Waals surface area contributed by atoms with Gasteiger partial charge >= 0.3 is 0 Å². The zero-order valence-electron chi connectivity index (χ0n) is 20.2. The van der Waals surface area contributed by atoms with Crippen molar-refractivity contribution in [3.8, 4) is 0 Å². The Morgan fingerprint density at radius 1 is 1.19 bits per heavy atom. The molecule has 2 aromatic rings. The van der Waals surface area contributed by atoms with Crippen molar-refractivity contribution in [2.24, 2.45) is 0 Å². The largest absolute Gasteiger partial charge is 0.394 e. The van der Waals surface area contributed by atoms with Crippen LogP contribution in [-0.2, 0) is 15.0 Å². The Morgan fingerprint density at radius 3 is 2.68 bits per heavy atom. The summed E-state index contributed by atoms with van der Waals surface area (Å²) in [6, 6.07) is 8.92. The first kappa shape index (κ1) is 26.4. The van der Waals surface area contributed by atoms with Crippen molar-refractivity contribution in [2.75, 3.05) is 18.5 Å². The van der Waals surface area contributed by atoms with E-state index in [-0.39, 0.29) is 29.5 Å². The van der Waals surface area contributed by atoms with Crippen molar-refractivity contribution in [1.82, 2.24) is 10.6 Å². The quantitative estimate of drug-likeness (QED) is 0.377. The lowest BCUT2D eigenvalue weighted by molar-refractivity contribution is -0.124. The van der Waals surface area contributed by atoms with Gasteiger partial charge in [-0.25, -0.2) is 4.39 Å². The Kier molecular flexibility index (Phi) is 7.24. The van der Waals surface area contributed by atoms with Gasteiger partial charge in [0.15, 0.2) is 0 Å². The van der Waals surface area contributed by atoms with Crippen molar-refractivity contribution in [3.05, 3.63) is 63.4 Å². The van der Waals surface area contributed by atoms with E-state index >= 15 is 4.39 Å².